The van der Waals surface area contributed by atoms with Crippen LogP contribution in [-0.4, -0.2) is 40.5 Å². The first-order valence-corrected chi connectivity index (χ1v) is 8.04. The molecule has 7 heteroatoms. The van der Waals surface area contributed by atoms with Crippen molar-refractivity contribution in [2.45, 2.75) is 18.9 Å². The van der Waals surface area contributed by atoms with Crippen molar-refractivity contribution in [2.24, 2.45) is 0 Å². The number of amides is 2. The zero-order valence-electron chi connectivity index (χ0n) is 14.0. The number of hydrogen-bond donors (Lipinski definition) is 0. The predicted octanol–water partition coefficient (Wildman–Crippen LogP) is 2.22. The van der Waals surface area contributed by atoms with Crippen LogP contribution < -0.4 is 0 Å². The van der Waals surface area contributed by atoms with Crippen molar-refractivity contribution in [2.75, 3.05) is 6.54 Å². The van der Waals surface area contributed by atoms with Crippen molar-refractivity contribution in [3.63, 3.8) is 0 Å². The number of carbonyl (C=O) groups excluding carboxylic acids is 3. The molecule has 0 spiro atoms. The van der Waals surface area contributed by atoms with Crippen LogP contribution in [0.3, 0.4) is 0 Å². The minimum absolute atomic E-state index is 0.202. The van der Waals surface area contributed by atoms with Gasteiger partial charge in [-0.15, -0.1) is 0 Å². The lowest BCUT2D eigenvalue weighted by atomic mass is 9.90. The maximum absolute atomic E-state index is 12.7. The van der Waals surface area contributed by atoms with Crippen molar-refractivity contribution >= 4 is 18.1 Å². The summed E-state index contributed by atoms with van der Waals surface area (Å²) in [4.78, 5) is 48.6. The Labute approximate surface area is 149 Å². The van der Waals surface area contributed by atoms with Gasteiger partial charge in [0.2, 0.25) is 6.54 Å². The Morgan fingerprint density at radius 2 is 1.58 bits per heavy atom. The standard InChI is InChI=1S/C19H16N2O5/c1-12-6-8-13(9-7-12)16(10-20(25)26)17(11-22)21-18(23)14-4-2-3-5-15(14)19(21)24/h2-9,11,16-17H,10H2,1H3/t16-,17+/m1/s1. The van der Waals surface area contributed by atoms with Gasteiger partial charge in [-0.1, -0.05) is 42.0 Å². The van der Waals surface area contributed by atoms with E-state index in [-0.39, 0.29) is 11.1 Å². The second kappa shape index (κ2) is 6.87. The van der Waals surface area contributed by atoms with E-state index < -0.39 is 35.2 Å². The van der Waals surface area contributed by atoms with Crippen LogP contribution in [0.5, 0.6) is 0 Å². The summed E-state index contributed by atoms with van der Waals surface area (Å²) in [5.74, 6) is -2.14. The lowest BCUT2D eigenvalue weighted by Crippen LogP contribution is -2.46. The monoisotopic (exact) mass is 352 g/mol. The van der Waals surface area contributed by atoms with Crippen LogP contribution in [-0.2, 0) is 4.79 Å². The summed E-state index contributed by atoms with van der Waals surface area (Å²) in [6.07, 6.45) is 0.440. The lowest BCUT2D eigenvalue weighted by molar-refractivity contribution is -0.484. The van der Waals surface area contributed by atoms with Gasteiger partial charge in [-0.3, -0.25) is 24.6 Å². The Bertz CT molecular complexity index is 856. The fourth-order valence-electron chi connectivity index (χ4n) is 3.20. The molecule has 0 unspecified atom stereocenters. The number of carbonyl (C=O) groups is 3. The number of nitrogens with zero attached hydrogens (tertiary/aromatic N) is 2. The van der Waals surface area contributed by atoms with Gasteiger partial charge < -0.3 is 4.79 Å². The number of aryl methyl sites for hydroxylation is 1. The average molecular weight is 352 g/mol. The third-order valence-electron chi connectivity index (χ3n) is 4.53. The predicted molar refractivity (Wildman–Crippen MR) is 92.6 cm³/mol. The van der Waals surface area contributed by atoms with E-state index in [1.54, 1.807) is 36.4 Å². The summed E-state index contributed by atoms with van der Waals surface area (Å²) in [7, 11) is 0. The van der Waals surface area contributed by atoms with Gasteiger partial charge >= 0.3 is 0 Å². The van der Waals surface area contributed by atoms with Gasteiger partial charge in [0, 0.05) is 4.92 Å². The number of aldehydes is 1. The molecule has 1 aliphatic heterocycles. The molecule has 0 N–H and O–H groups in total. The summed E-state index contributed by atoms with van der Waals surface area (Å²) < 4.78 is 0. The van der Waals surface area contributed by atoms with Gasteiger partial charge in [0.05, 0.1) is 17.0 Å². The molecule has 132 valence electrons. The molecule has 0 fully saturated rings. The normalized spacial score (nSPS) is 15.5. The topological polar surface area (TPSA) is 97.6 Å². The van der Waals surface area contributed by atoms with E-state index in [4.69, 9.17) is 0 Å². The molecule has 2 amide bonds. The van der Waals surface area contributed by atoms with E-state index in [1.807, 2.05) is 6.92 Å². The lowest BCUT2D eigenvalue weighted by Gasteiger charge is -2.27. The Kier molecular flexibility index (Phi) is 4.62. The van der Waals surface area contributed by atoms with Gasteiger partial charge in [-0.2, -0.15) is 0 Å². The highest BCUT2D eigenvalue weighted by Crippen LogP contribution is 2.30. The Morgan fingerprint density at radius 3 is 2.04 bits per heavy atom. The number of hydrogen-bond acceptors (Lipinski definition) is 5. The van der Waals surface area contributed by atoms with Gasteiger partial charge in [-0.25, -0.2) is 0 Å². The van der Waals surface area contributed by atoms with Gasteiger partial charge in [0.1, 0.15) is 12.3 Å². The molecular weight excluding hydrogens is 336 g/mol. The van der Waals surface area contributed by atoms with Gasteiger partial charge in [-0.05, 0) is 24.6 Å². The molecule has 26 heavy (non-hydrogen) atoms. The fourth-order valence-corrected chi connectivity index (χ4v) is 3.20. The van der Waals surface area contributed by atoms with Crippen molar-refractivity contribution in [3.05, 3.63) is 80.9 Å². The molecule has 2 atom stereocenters. The average Bonchev–Trinajstić information content (AvgIpc) is 2.87. The highest BCUT2D eigenvalue weighted by molar-refractivity contribution is 6.22. The molecule has 7 nitrogen and oxygen atoms in total. The molecule has 0 bridgehead atoms. The molecule has 0 saturated carbocycles. The van der Waals surface area contributed by atoms with Crippen LogP contribution in [0.1, 0.15) is 37.8 Å². The quantitative estimate of drug-likeness (QED) is 0.344. The van der Waals surface area contributed by atoms with Gasteiger partial charge in [0.25, 0.3) is 11.8 Å². The minimum Gasteiger partial charge on any atom is -0.301 e. The highest BCUT2D eigenvalue weighted by atomic mass is 16.6. The summed E-state index contributed by atoms with van der Waals surface area (Å²) in [5.41, 5.74) is 1.89. The molecule has 2 aromatic rings. The first-order chi connectivity index (χ1) is 12.4. The molecule has 0 saturated heterocycles. The first kappa shape index (κ1) is 17.5. The van der Waals surface area contributed by atoms with E-state index in [0.29, 0.717) is 11.8 Å². The zero-order chi connectivity index (χ0) is 18.8. The molecular formula is C19H16N2O5. The second-order valence-corrected chi connectivity index (χ2v) is 6.19. The summed E-state index contributed by atoms with van der Waals surface area (Å²) in [5, 5.41) is 11.2. The Hall–Kier alpha value is -3.35. The van der Waals surface area contributed by atoms with Crippen LogP contribution >= 0.6 is 0 Å². The number of nitro groups is 1. The van der Waals surface area contributed by atoms with E-state index >= 15 is 0 Å². The number of benzene rings is 2. The van der Waals surface area contributed by atoms with Gasteiger partial charge in [0.15, 0.2) is 0 Å². The molecule has 0 aliphatic carbocycles. The molecule has 2 aromatic carbocycles. The second-order valence-electron chi connectivity index (χ2n) is 6.19. The SMILES string of the molecule is Cc1ccc([C@@H](C[N+](=O)[O-])[C@H](C=O)N2C(=O)c3ccccc3C2=O)cc1. The van der Waals surface area contributed by atoms with Crippen molar-refractivity contribution < 1.29 is 19.3 Å². The minimum atomic E-state index is -1.25. The smallest absolute Gasteiger partial charge is 0.262 e. The van der Waals surface area contributed by atoms with Crippen LogP contribution in [0.2, 0.25) is 0 Å². The third-order valence-corrected chi connectivity index (χ3v) is 4.53. The van der Waals surface area contributed by atoms with Crippen molar-refractivity contribution in [3.8, 4) is 0 Å². The number of fused-ring (bicyclic) bond motifs is 1. The third kappa shape index (κ3) is 2.99. The summed E-state index contributed by atoms with van der Waals surface area (Å²) in [6.45, 7) is 1.30. The van der Waals surface area contributed by atoms with E-state index in [2.05, 4.69) is 0 Å². The van der Waals surface area contributed by atoms with E-state index in [0.717, 1.165) is 10.5 Å². The Balaban J connectivity index is 2.03. The first-order valence-electron chi connectivity index (χ1n) is 8.04. The number of imide groups is 1. The zero-order valence-corrected chi connectivity index (χ0v) is 14.0. The largest absolute Gasteiger partial charge is 0.301 e. The van der Waals surface area contributed by atoms with Crippen molar-refractivity contribution in [1.29, 1.82) is 0 Å². The maximum Gasteiger partial charge on any atom is 0.262 e. The molecule has 0 radical (unpaired) electrons. The molecule has 1 aliphatic rings. The molecule has 0 aromatic heterocycles. The van der Waals surface area contributed by atoms with E-state index in [1.165, 1.54) is 12.1 Å². The van der Waals surface area contributed by atoms with Crippen LogP contribution in [0.15, 0.2) is 48.5 Å². The Morgan fingerprint density at radius 1 is 1.04 bits per heavy atom. The highest BCUT2D eigenvalue weighted by Gasteiger charge is 2.44. The van der Waals surface area contributed by atoms with Crippen molar-refractivity contribution in [1.82, 2.24) is 4.90 Å². The van der Waals surface area contributed by atoms with Crippen LogP contribution in [0.25, 0.3) is 0 Å². The molecule has 3 rings (SSSR count). The maximum atomic E-state index is 12.7. The van der Waals surface area contributed by atoms with Crippen LogP contribution in [0, 0.1) is 17.0 Å². The van der Waals surface area contributed by atoms with Crippen LogP contribution in [0.4, 0.5) is 0 Å². The number of rotatable bonds is 6. The molecule has 1 heterocycles. The summed E-state index contributed by atoms with van der Waals surface area (Å²) >= 11 is 0. The van der Waals surface area contributed by atoms with E-state index in [9.17, 15) is 24.5 Å². The summed E-state index contributed by atoms with van der Waals surface area (Å²) in [6, 6.07) is 11.9. The fraction of sp³-hybridized carbons (Fsp3) is 0.211.